The van der Waals surface area contributed by atoms with Gasteiger partial charge in [0.15, 0.2) is 5.82 Å². The zero-order valence-corrected chi connectivity index (χ0v) is 9.35. The Labute approximate surface area is 103 Å². The second-order valence-electron chi connectivity index (χ2n) is 4.22. The molecule has 1 heterocycles. The Balaban J connectivity index is 2.12. The maximum absolute atomic E-state index is 12.4. The van der Waals surface area contributed by atoms with E-state index in [1.807, 2.05) is 0 Å². The number of halogens is 6. The van der Waals surface area contributed by atoms with E-state index in [0.717, 1.165) is 12.8 Å². The Kier molecular flexibility index (Phi) is 3.45. The van der Waals surface area contributed by atoms with Gasteiger partial charge in [-0.3, -0.25) is 0 Å². The lowest BCUT2D eigenvalue weighted by molar-refractivity contribution is -0.259. The first-order chi connectivity index (χ1) is 8.68. The standard InChI is InChI=1S/C9H9F6N3O/c10-8(11,12)6(9(13,14)15)7-17-5(18-19-7)3-16-4-1-2-4/h4,6,16H,1-3H2. The van der Waals surface area contributed by atoms with Crippen molar-refractivity contribution in [1.29, 1.82) is 0 Å². The van der Waals surface area contributed by atoms with Crippen LogP contribution in [0.1, 0.15) is 30.5 Å². The summed E-state index contributed by atoms with van der Waals surface area (Å²) in [6.45, 7) is -0.0173. The Hall–Kier alpha value is -1.32. The number of aromatic nitrogens is 2. The highest BCUT2D eigenvalue weighted by atomic mass is 19.4. The van der Waals surface area contributed by atoms with Gasteiger partial charge in [0.05, 0.1) is 6.54 Å². The predicted molar refractivity (Wildman–Crippen MR) is 49.0 cm³/mol. The van der Waals surface area contributed by atoms with Crippen molar-refractivity contribution in [1.82, 2.24) is 15.5 Å². The second-order valence-corrected chi connectivity index (χ2v) is 4.22. The van der Waals surface area contributed by atoms with Crippen molar-refractivity contribution in [3.8, 4) is 0 Å². The van der Waals surface area contributed by atoms with Crippen LogP contribution in [0, 0.1) is 0 Å². The third kappa shape index (κ3) is 3.58. The normalized spacial score (nSPS) is 17.2. The van der Waals surface area contributed by atoms with Crippen molar-refractivity contribution < 1.29 is 30.9 Å². The molecule has 1 saturated carbocycles. The smallest absolute Gasteiger partial charge is 0.338 e. The molecule has 0 bridgehead atoms. The van der Waals surface area contributed by atoms with Crippen LogP contribution in [0.3, 0.4) is 0 Å². The molecule has 0 unspecified atom stereocenters. The molecule has 0 amide bonds. The van der Waals surface area contributed by atoms with Gasteiger partial charge >= 0.3 is 12.4 Å². The first-order valence-corrected chi connectivity index (χ1v) is 5.37. The summed E-state index contributed by atoms with van der Waals surface area (Å²) < 4.78 is 78.3. The van der Waals surface area contributed by atoms with Crippen LogP contribution in [0.5, 0.6) is 0 Å². The third-order valence-corrected chi connectivity index (χ3v) is 2.51. The van der Waals surface area contributed by atoms with Crippen molar-refractivity contribution in [3.63, 3.8) is 0 Å². The average molecular weight is 289 g/mol. The molecule has 1 N–H and O–H groups in total. The Morgan fingerprint density at radius 2 is 1.74 bits per heavy atom. The van der Waals surface area contributed by atoms with Crippen molar-refractivity contribution in [2.75, 3.05) is 0 Å². The third-order valence-electron chi connectivity index (χ3n) is 2.51. The average Bonchev–Trinajstić information content (AvgIpc) is 2.93. The number of nitrogens with zero attached hydrogens (tertiary/aromatic N) is 2. The van der Waals surface area contributed by atoms with Gasteiger partial charge in [0.1, 0.15) is 0 Å². The maximum Gasteiger partial charge on any atom is 0.409 e. The quantitative estimate of drug-likeness (QED) is 0.865. The molecule has 1 fully saturated rings. The summed E-state index contributed by atoms with van der Waals surface area (Å²) in [5, 5.41) is 5.97. The molecule has 10 heteroatoms. The van der Waals surface area contributed by atoms with Crippen LogP contribution < -0.4 is 5.32 Å². The molecule has 2 rings (SSSR count). The largest absolute Gasteiger partial charge is 0.409 e. The molecule has 0 spiro atoms. The van der Waals surface area contributed by atoms with E-state index < -0.39 is 24.2 Å². The Morgan fingerprint density at radius 1 is 1.16 bits per heavy atom. The molecule has 1 aromatic rings. The van der Waals surface area contributed by atoms with Crippen LogP contribution in [0.4, 0.5) is 26.3 Å². The van der Waals surface area contributed by atoms with Gasteiger partial charge < -0.3 is 9.84 Å². The van der Waals surface area contributed by atoms with Gasteiger partial charge in [0.25, 0.3) is 0 Å². The summed E-state index contributed by atoms with van der Waals surface area (Å²) in [6.07, 6.45) is -9.21. The summed E-state index contributed by atoms with van der Waals surface area (Å²) in [7, 11) is 0. The molecule has 0 saturated heterocycles. The minimum atomic E-state index is -5.52. The molecule has 108 valence electrons. The highest BCUT2D eigenvalue weighted by Crippen LogP contribution is 2.45. The van der Waals surface area contributed by atoms with Crippen molar-refractivity contribution in [3.05, 3.63) is 11.7 Å². The van der Waals surface area contributed by atoms with Gasteiger partial charge in [-0.1, -0.05) is 5.16 Å². The summed E-state index contributed by atoms with van der Waals surface area (Å²) in [5.41, 5.74) is 0. The Morgan fingerprint density at radius 3 is 2.21 bits per heavy atom. The summed E-state index contributed by atoms with van der Waals surface area (Å²) in [5.74, 6) is -5.45. The lowest BCUT2D eigenvalue weighted by Crippen LogP contribution is -2.34. The van der Waals surface area contributed by atoms with Crippen LogP contribution in [0.15, 0.2) is 4.52 Å². The van der Waals surface area contributed by atoms with Gasteiger partial charge in [-0.25, -0.2) is 0 Å². The molecular formula is C9H9F6N3O. The van der Waals surface area contributed by atoms with Crippen LogP contribution in [-0.4, -0.2) is 28.5 Å². The molecule has 4 nitrogen and oxygen atoms in total. The Bertz CT molecular complexity index is 422. The molecule has 19 heavy (non-hydrogen) atoms. The summed E-state index contributed by atoms with van der Waals surface area (Å²) >= 11 is 0. The van der Waals surface area contributed by atoms with Gasteiger partial charge in [-0.2, -0.15) is 31.3 Å². The molecular weight excluding hydrogens is 280 g/mol. The molecule has 0 aromatic carbocycles. The van der Waals surface area contributed by atoms with Crippen LogP contribution in [0.25, 0.3) is 0 Å². The number of nitrogens with one attached hydrogen (secondary N) is 1. The fourth-order valence-electron chi connectivity index (χ4n) is 1.45. The van der Waals surface area contributed by atoms with Crippen LogP contribution >= 0.6 is 0 Å². The highest BCUT2D eigenvalue weighted by Gasteiger charge is 2.60. The van der Waals surface area contributed by atoms with Crippen LogP contribution in [-0.2, 0) is 6.54 Å². The van der Waals surface area contributed by atoms with E-state index in [1.54, 1.807) is 0 Å². The van der Waals surface area contributed by atoms with Crippen molar-refractivity contribution >= 4 is 0 Å². The highest BCUT2D eigenvalue weighted by molar-refractivity contribution is 5.02. The van der Waals surface area contributed by atoms with E-state index in [-0.39, 0.29) is 18.4 Å². The minimum Gasteiger partial charge on any atom is -0.338 e. The van der Waals surface area contributed by atoms with Crippen molar-refractivity contribution in [2.24, 2.45) is 0 Å². The first-order valence-electron chi connectivity index (χ1n) is 5.37. The minimum absolute atomic E-state index is 0.0173. The van der Waals surface area contributed by atoms with Gasteiger partial charge in [0.2, 0.25) is 11.8 Å². The molecule has 0 atom stereocenters. The fraction of sp³-hybridized carbons (Fsp3) is 0.778. The monoisotopic (exact) mass is 289 g/mol. The van der Waals surface area contributed by atoms with E-state index in [0.29, 0.717) is 0 Å². The molecule has 1 aromatic heterocycles. The van der Waals surface area contributed by atoms with E-state index in [1.165, 1.54) is 0 Å². The lowest BCUT2D eigenvalue weighted by atomic mass is 10.1. The van der Waals surface area contributed by atoms with E-state index in [4.69, 9.17) is 0 Å². The fourth-order valence-corrected chi connectivity index (χ4v) is 1.45. The SMILES string of the molecule is FC(F)(F)C(c1nc(CNC2CC2)no1)C(F)(F)F. The van der Waals surface area contributed by atoms with Gasteiger partial charge in [0, 0.05) is 6.04 Å². The van der Waals surface area contributed by atoms with E-state index in [9.17, 15) is 26.3 Å². The van der Waals surface area contributed by atoms with Gasteiger partial charge in [-0.15, -0.1) is 0 Å². The first kappa shape index (κ1) is 14.1. The number of hydrogen-bond acceptors (Lipinski definition) is 4. The number of rotatable bonds is 4. The maximum atomic E-state index is 12.4. The zero-order valence-electron chi connectivity index (χ0n) is 9.35. The second kappa shape index (κ2) is 4.66. The number of alkyl halides is 6. The van der Waals surface area contributed by atoms with E-state index >= 15 is 0 Å². The molecule has 0 radical (unpaired) electrons. The van der Waals surface area contributed by atoms with Gasteiger partial charge in [-0.05, 0) is 12.8 Å². The summed E-state index contributed by atoms with van der Waals surface area (Å²) in [6, 6.07) is 0.225. The van der Waals surface area contributed by atoms with E-state index in [2.05, 4.69) is 20.0 Å². The van der Waals surface area contributed by atoms with Crippen molar-refractivity contribution in [2.45, 2.75) is 43.7 Å². The lowest BCUT2D eigenvalue weighted by Gasteiger charge is -2.18. The summed E-state index contributed by atoms with van der Waals surface area (Å²) in [4.78, 5) is 3.16. The topological polar surface area (TPSA) is 51.0 Å². The number of hydrogen-bond donors (Lipinski definition) is 1. The molecule has 1 aliphatic carbocycles. The van der Waals surface area contributed by atoms with Crippen LogP contribution in [0.2, 0.25) is 0 Å². The predicted octanol–water partition coefficient (Wildman–Crippen LogP) is 2.53. The molecule has 0 aliphatic heterocycles. The molecule has 1 aliphatic rings. The zero-order chi connectivity index (χ0) is 14.3.